The number of carbonyl (C=O) groups is 1. The molecule has 0 saturated heterocycles. The van der Waals surface area contributed by atoms with E-state index in [0.29, 0.717) is 10.9 Å². The number of hydrogen-bond acceptors (Lipinski definition) is 4. The number of anilines is 2. The molecule has 0 fully saturated rings. The monoisotopic (exact) mass is 391 g/mol. The number of H-pyrrole nitrogens is 1. The summed E-state index contributed by atoms with van der Waals surface area (Å²) >= 11 is 0. The maximum atomic E-state index is 12.6. The number of nitrogens with zero attached hydrogens (tertiary/aromatic N) is 1. The molecule has 0 radical (unpaired) electrons. The number of rotatable bonds is 4. The van der Waals surface area contributed by atoms with Crippen molar-refractivity contribution in [3.63, 3.8) is 0 Å². The van der Waals surface area contributed by atoms with Gasteiger partial charge in [-0.2, -0.15) is 0 Å². The molecule has 2 aromatic heterocycles. The molecule has 0 saturated carbocycles. The highest BCUT2D eigenvalue weighted by molar-refractivity contribution is 6.07. The second-order valence-electron chi connectivity index (χ2n) is 7.02. The number of carbonyl (C=O) groups excluding carboxylic acids is 1. The van der Waals surface area contributed by atoms with Crippen LogP contribution in [0.1, 0.15) is 10.4 Å². The smallest absolute Gasteiger partial charge is 0.188 e. The minimum atomic E-state index is -0.0218. The molecule has 0 unspecified atom stereocenters. The third-order valence-electron chi connectivity index (χ3n) is 5.11. The van der Waals surface area contributed by atoms with Crippen molar-refractivity contribution in [2.24, 2.45) is 0 Å². The zero-order valence-electron chi connectivity index (χ0n) is 15.9. The van der Waals surface area contributed by atoms with Crippen LogP contribution in [0.5, 0.6) is 0 Å². The molecule has 0 aliphatic carbocycles. The van der Waals surface area contributed by atoms with Crippen LogP contribution in [-0.4, -0.2) is 16.3 Å². The first-order valence-electron chi connectivity index (χ1n) is 9.55. The highest BCUT2D eigenvalue weighted by Gasteiger charge is 2.12. The van der Waals surface area contributed by atoms with Crippen LogP contribution < -0.4 is 10.7 Å². The molecule has 30 heavy (non-hydrogen) atoms. The van der Waals surface area contributed by atoms with E-state index in [1.165, 1.54) is 0 Å². The highest BCUT2D eigenvalue weighted by Crippen LogP contribution is 2.33. The van der Waals surface area contributed by atoms with E-state index in [4.69, 9.17) is 0 Å². The van der Waals surface area contributed by atoms with E-state index >= 15 is 0 Å². The van der Waals surface area contributed by atoms with Crippen LogP contribution in [0.15, 0.2) is 89.9 Å². The predicted molar refractivity (Wildman–Crippen MR) is 120 cm³/mol. The van der Waals surface area contributed by atoms with Gasteiger partial charge in [-0.3, -0.25) is 14.6 Å². The van der Waals surface area contributed by atoms with Gasteiger partial charge in [-0.25, -0.2) is 0 Å². The van der Waals surface area contributed by atoms with Crippen molar-refractivity contribution in [2.45, 2.75) is 0 Å². The number of benzene rings is 3. The Morgan fingerprint density at radius 2 is 1.70 bits per heavy atom. The summed E-state index contributed by atoms with van der Waals surface area (Å²) in [5, 5.41) is 5.88. The molecule has 0 atom stereocenters. The molecule has 0 bridgehead atoms. The van der Waals surface area contributed by atoms with E-state index in [9.17, 15) is 9.59 Å². The van der Waals surface area contributed by atoms with Gasteiger partial charge in [-0.15, -0.1) is 0 Å². The Balaban J connectivity index is 1.76. The number of aldehydes is 1. The van der Waals surface area contributed by atoms with Gasteiger partial charge in [0.1, 0.15) is 6.29 Å². The van der Waals surface area contributed by atoms with Gasteiger partial charge in [0.25, 0.3) is 0 Å². The van der Waals surface area contributed by atoms with Gasteiger partial charge in [0, 0.05) is 22.8 Å². The second kappa shape index (κ2) is 7.29. The average Bonchev–Trinajstić information content (AvgIpc) is 2.79. The molecule has 5 aromatic rings. The lowest BCUT2D eigenvalue weighted by Gasteiger charge is -2.15. The summed E-state index contributed by atoms with van der Waals surface area (Å²) in [6, 6.07) is 24.2. The van der Waals surface area contributed by atoms with Crippen molar-refractivity contribution in [1.29, 1.82) is 0 Å². The van der Waals surface area contributed by atoms with Crippen LogP contribution in [-0.2, 0) is 0 Å². The summed E-state index contributed by atoms with van der Waals surface area (Å²) in [7, 11) is 0. The zero-order valence-corrected chi connectivity index (χ0v) is 15.9. The quantitative estimate of drug-likeness (QED) is 0.322. The first-order chi connectivity index (χ1) is 14.7. The number of aromatic amines is 1. The van der Waals surface area contributed by atoms with Crippen LogP contribution in [0.3, 0.4) is 0 Å². The summed E-state index contributed by atoms with van der Waals surface area (Å²) < 4.78 is 0. The third-order valence-corrected chi connectivity index (χ3v) is 5.11. The lowest BCUT2D eigenvalue weighted by atomic mass is 10.0. The lowest BCUT2D eigenvalue weighted by Crippen LogP contribution is -2.02. The minimum Gasteiger partial charge on any atom is -0.354 e. The van der Waals surface area contributed by atoms with E-state index in [1.54, 1.807) is 30.5 Å². The Kier molecular flexibility index (Phi) is 4.33. The first kappa shape index (κ1) is 17.8. The zero-order chi connectivity index (χ0) is 20.5. The van der Waals surface area contributed by atoms with Gasteiger partial charge in [0.05, 0.1) is 28.0 Å². The molecule has 3 aromatic carbocycles. The normalized spacial score (nSPS) is 10.9. The summed E-state index contributed by atoms with van der Waals surface area (Å²) in [6.45, 7) is 0. The molecule has 2 heterocycles. The van der Waals surface area contributed by atoms with Gasteiger partial charge < -0.3 is 10.3 Å². The molecule has 2 N–H and O–H groups in total. The fourth-order valence-electron chi connectivity index (χ4n) is 3.65. The fourth-order valence-corrected chi connectivity index (χ4v) is 3.65. The second-order valence-corrected chi connectivity index (χ2v) is 7.02. The molecular formula is C25H17N3O2. The Hall–Kier alpha value is -4.25. The molecule has 5 rings (SSSR count). The Morgan fingerprint density at radius 3 is 2.47 bits per heavy atom. The number of fused-ring (bicyclic) bond motifs is 3. The average molecular weight is 391 g/mol. The highest BCUT2D eigenvalue weighted by atomic mass is 16.1. The lowest BCUT2D eigenvalue weighted by molar-refractivity contribution is 0.112. The summed E-state index contributed by atoms with van der Waals surface area (Å²) in [5.74, 6) is 0. The van der Waals surface area contributed by atoms with E-state index in [1.807, 2.05) is 54.6 Å². The maximum Gasteiger partial charge on any atom is 0.188 e. The van der Waals surface area contributed by atoms with Crippen molar-refractivity contribution in [2.75, 3.05) is 5.32 Å². The van der Waals surface area contributed by atoms with Gasteiger partial charge in [-0.05, 0) is 53.9 Å². The van der Waals surface area contributed by atoms with Crippen LogP contribution in [0.25, 0.3) is 33.1 Å². The summed E-state index contributed by atoms with van der Waals surface area (Å²) in [5.41, 5.74) is 4.57. The SMILES string of the molecule is O=Cc1ccc(Nc2cc3ccc4cccc(=O)c4c3[nH]c2-c2ccccn2)cc1. The Morgan fingerprint density at radius 1 is 0.867 bits per heavy atom. The van der Waals surface area contributed by atoms with Crippen molar-refractivity contribution < 1.29 is 4.79 Å². The van der Waals surface area contributed by atoms with Crippen molar-refractivity contribution in [1.82, 2.24) is 9.97 Å². The van der Waals surface area contributed by atoms with E-state index < -0.39 is 0 Å². The summed E-state index contributed by atoms with van der Waals surface area (Å²) in [6.07, 6.45) is 2.55. The Bertz CT molecular complexity index is 1440. The summed E-state index contributed by atoms with van der Waals surface area (Å²) in [4.78, 5) is 31.5. The molecule has 0 spiro atoms. The standard InChI is InChI=1S/C25H17N3O2/c29-15-16-7-11-19(12-8-16)27-21-14-18-10-9-17-4-3-6-22(30)23(17)24(18)28-25(21)20-5-1-2-13-26-20/h1-15,27-28H. The van der Waals surface area contributed by atoms with Crippen LogP contribution >= 0.6 is 0 Å². The van der Waals surface area contributed by atoms with Gasteiger partial charge in [-0.1, -0.05) is 30.3 Å². The fraction of sp³-hybridized carbons (Fsp3) is 0. The van der Waals surface area contributed by atoms with Gasteiger partial charge >= 0.3 is 0 Å². The van der Waals surface area contributed by atoms with E-state index in [2.05, 4.69) is 15.3 Å². The van der Waals surface area contributed by atoms with E-state index in [-0.39, 0.29) is 5.43 Å². The maximum absolute atomic E-state index is 12.6. The molecule has 5 nitrogen and oxygen atoms in total. The minimum absolute atomic E-state index is 0.0218. The number of pyridine rings is 2. The molecule has 0 aliphatic rings. The Labute approximate surface area is 172 Å². The van der Waals surface area contributed by atoms with Gasteiger partial charge in [0.2, 0.25) is 0 Å². The van der Waals surface area contributed by atoms with E-state index in [0.717, 1.165) is 45.3 Å². The third kappa shape index (κ3) is 3.12. The molecule has 0 aliphatic heterocycles. The number of nitrogens with one attached hydrogen (secondary N) is 2. The topological polar surface area (TPSA) is 74.8 Å². The van der Waals surface area contributed by atoms with Crippen molar-refractivity contribution >= 4 is 39.3 Å². The predicted octanol–water partition coefficient (Wildman–Crippen LogP) is 5.30. The van der Waals surface area contributed by atoms with Crippen LogP contribution in [0.2, 0.25) is 0 Å². The molecule has 144 valence electrons. The van der Waals surface area contributed by atoms with Crippen molar-refractivity contribution in [3.8, 4) is 11.4 Å². The van der Waals surface area contributed by atoms with Crippen LogP contribution in [0.4, 0.5) is 11.4 Å². The molecular weight excluding hydrogens is 374 g/mol. The number of hydrogen-bond donors (Lipinski definition) is 2. The van der Waals surface area contributed by atoms with Crippen molar-refractivity contribution in [3.05, 3.63) is 101 Å². The molecule has 0 amide bonds. The number of aromatic nitrogens is 2. The van der Waals surface area contributed by atoms with Gasteiger partial charge in [0.15, 0.2) is 5.43 Å². The van der Waals surface area contributed by atoms with Crippen LogP contribution in [0, 0.1) is 0 Å². The largest absolute Gasteiger partial charge is 0.354 e. The first-order valence-corrected chi connectivity index (χ1v) is 9.55. The molecule has 5 heteroatoms.